The van der Waals surface area contributed by atoms with Crippen molar-refractivity contribution in [1.82, 2.24) is 9.88 Å². The van der Waals surface area contributed by atoms with Gasteiger partial charge >= 0.3 is 0 Å². The Morgan fingerprint density at radius 2 is 1.84 bits per heavy atom. The lowest BCUT2D eigenvalue weighted by Crippen LogP contribution is -2.52. The molecule has 0 spiro atoms. The largest absolute Gasteiger partial charge is 0.481 e. The fraction of sp³-hybridized carbons (Fsp3) is 0.345. The quantitative estimate of drug-likeness (QED) is 0.365. The topological polar surface area (TPSA) is 120 Å². The van der Waals surface area contributed by atoms with E-state index >= 15 is 0 Å². The molecule has 1 aliphatic heterocycles. The van der Waals surface area contributed by atoms with E-state index in [1.165, 1.54) is 20.4 Å². The molecule has 0 saturated heterocycles. The summed E-state index contributed by atoms with van der Waals surface area (Å²) in [4.78, 5) is 10.1. The molecule has 1 saturated carbocycles. The summed E-state index contributed by atoms with van der Waals surface area (Å²) in [6, 6.07) is 18.7. The molecule has 2 aromatic carbocycles. The average molecular weight is 515 g/mol. The van der Waals surface area contributed by atoms with Gasteiger partial charge in [0.2, 0.25) is 18.0 Å². The van der Waals surface area contributed by atoms with Gasteiger partial charge in [0.1, 0.15) is 5.75 Å². The Kier molecular flexibility index (Phi) is 6.57. The fourth-order valence-corrected chi connectivity index (χ4v) is 6.21. The van der Waals surface area contributed by atoms with Gasteiger partial charge in [-0.25, -0.2) is 0 Å². The number of aromatic nitrogens is 1. The third-order valence-corrected chi connectivity index (χ3v) is 7.59. The highest BCUT2D eigenvalue weighted by atomic mass is 16.5. The van der Waals surface area contributed by atoms with Crippen LogP contribution in [0.15, 0.2) is 65.7 Å². The van der Waals surface area contributed by atoms with Gasteiger partial charge in [0.25, 0.3) is 0 Å². The van der Waals surface area contributed by atoms with Gasteiger partial charge in [0.05, 0.1) is 25.9 Å². The van der Waals surface area contributed by atoms with E-state index in [2.05, 4.69) is 9.98 Å². The van der Waals surface area contributed by atoms with E-state index in [1.54, 1.807) is 12.3 Å². The lowest BCUT2D eigenvalue weighted by atomic mass is 9.70. The lowest BCUT2D eigenvalue weighted by molar-refractivity contribution is -0.152. The molecule has 0 radical (unpaired) electrons. The van der Waals surface area contributed by atoms with Crippen LogP contribution in [0.5, 0.6) is 17.5 Å². The van der Waals surface area contributed by atoms with Gasteiger partial charge in [-0.3, -0.25) is 0 Å². The molecule has 5 rings (SSSR count). The number of aliphatic imine (C=N–C) groups is 1. The summed E-state index contributed by atoms with van der Waals surface area (Å²) >= 11 is 0. The van der Waals surface area contributed by atoms with Crippen molar-refractivity contribution in [3.8, 4) is 23.7 Å². The molecule has 0 unspecified atom stereocenters. The maximum atomic E-state index is 12.8. The standard InChI is InChI=1S/C29H30N4O5/c1-33(2)16-21-24(19-8-6-5-7-9-19)29(20-12-10-18(11-13-20)15-31-17-30)28(35,26(21)34)25-22(38-29)14-23(36-3)32-27(25)37-4/h5-15,21,24,26,34-35H,16H2,1-4H3/b31-15+/t21-,24-,26-,28+,29+/m1/s1. The Hall–Kier alpha value is -3.97. The van der Waals surface area contributed by atoms with Crippen LogP contribution in [0.1, 0.15) is 28.2 Å². The monoisotopic (exact) mass is 514 g/mol. The second-order valence-electron chi connectivity index (χ2n) is 9.89. The molecule has 1 fully saturated rings. The summed E-state index contributed by atoms with van der Waals surface area (Å²) in [5.74, 6) is -0.171. The summed E-state index contributed by atoms with van der Waals surface area (Å²) in [6.07, 6.45) is 1.98. The van der Waals surface area contributed by atoms with Crippen molar-refractivity contribution in [2.24, 2.45) is 10.9 Å². The first kappa shape index (κ1) is 25.7. The maximum absolute atomic E-state index is 12.8. The third-order valence-electron chi connectivity index (χ3n) is 7.59. The van der Waals surface area contributed by atoms with Crippen LogP contribution < -0.4 is 14.2 Å². The summed E-state index contributed by atoms with van der Waals surface area (Å²) in [5.41, 5.74) is -0.798. The van der Waals surface area contributed by atoms with Crippen LogP contribution in [-0.2, 0) is 11.2 Å². The third kappa shape index (κ3) is 3.64. The van der Waals surface area contributed by atoms with Crippen molar-refractivity contribution < 1.29 is 24.4 Å². The van der Waals surface area contributed by atoms with Crippen molar-refractivity contribution in [3.05, 3.63) is 82.9 Å². The predicted octanol–water partition coefficient (Wildman–Crippen LogP) is 2.81. The van der Waals surface area contributed by atoms with Crippen LogP contribution in [0.3, 0.4) is 0 Å². The molecule has 3 aromatic rings. The number of fused-ring (bicyclic) bond motifs is 3. The molecule has 2 N–H and O–H groups in total. The van der Waals surface area contributed by atoms with Gasteiger partial charge in [-0.05, 0) is 30.8 Å². The zero-order valence-electron chi connectivity index (χ0n) is 21.7. The molecule has 9 heteroatoms. The number of hydrogen-bond acceptors (Lipinski definition) is 9. The van der Waals surface area contributed by atoms with Crippen molar-refractivity contribution in [1.29, 1.82) is 5.26 Å². The van der Waals surface area contributed by atoms with E-state index in [-0.39, 0.29) is 17.3 Å². The molecule has 0 bridgehead atoms. The first-order valence-corrected chi connectivity index (χ1v) is 12.3. The van der Waals surface area contributed by atoms with Crippen LogP contribution >= 0.6 is 0 Å². The van der Waals surface area contributed by atoms with Gasteiger partial charge in [0.15, 0.2) is 11.2 Å². The van der Waals surface area contributed by atoms with Crippen molar-refractivity contribution in [3.63, 3.8) is 0 Å². The van der Waals surface area contributed by atoms with E-state index in [4.69, 9.17) is 19.5 Å². The first-order chi connectivity index (χ1) is 18.3. The van der Waals surface area contributed by atoms with Crippen LogP contribution in [0.2, 0.25) is 0 Å². The average Bonchev–Trinajstić information content (AvgIpc) is 3.30. The first-order valence-electron chi connectivity index (χ1n) is 12.3. The number of nitrogens with zero attached hydrogens (tertiary/aromatic N) is 4. The number of ether oxygens (including phenoxy) is 3. The summed E-state index contributed by atoms with van der Waals surface area (Å²) < 4.78 is 17.8. The highest BCUT2D eigenvalue weighted by Crippen LogP contribution is 2.69. The second-order valence-corrected chi connectivity index (χ2v) is 9.89. The van der Waals surface area contributed by atoms with Crippen molar-refractivity contribution in [2.75, 3.05) is 34.9 Å². The van der Waals surface area contributed by atoms with Crippen LogP contribution in [0, 0.1) is 17.4 Å². The van der Waals surface area contributed by atoms with Gasteiger partial charge in [-0.15, -0.1) is 0 Å². The molecule has 38 heavy (non-hydrogen) atoms. The summed E-state index contributed by atoms with van der Waals surface area (Å²) in [5, 5.41) is 33.7. The number of pyridine rings is 1. The van der Waals surface area contributed by atoms with Crippen molar-refractivity contribution >= 4 is 6.21 Å². The zero-order chi connectivity index (χ0) is 27.1. The molecule has 5 atom stereocenters. The van der Waals surface area contributed by atoms with Crippen LogP contribution in [0.25, 0.3) is 0 Å². The molecule has 1 aliphatic carbocycles. The molecule has 196 valence electrons. The zero-order valence-corrected chi connectivity index (χ0v) is 21.7. The highest BCUT2D eigenvalue weighted by Gasteiger charge is 2.77. The van der Waals surface area contributed by atoms with Crippen LogP contribution in [-0.4, -0.2) is 67.3 Å². The predicted molar refractivity (Wildman–Crippen MR) is 140 cm³/mol. The molecule has 9 nitrogen and oxygen atoms in total. The van der Waals surface area contributed by atoms with E-state index in [1.807, 2.05) is 73.6 Å². The highest BCUT2D eigenvalue weighted by molar-refractivity contribution is 5.80. The Labute approximate surface area is 221 Å². The number of nitriles is 1. The maximum Gasteiger partial charge on any atom is 0.226 e. The Morgan fingerprint density at radius 1 is 1.13 bits per heavy atom. The summed E-state index contributed by atoms with van der Waals surface area (Å²) in [6.45, 7) is 0.488. The van der Waals surface area contributed by atoms with Gasteiger partial charge in [0, 0.05) is 30.7 Å². The number of hydrogen-bond donors (Lipinski definition) is 2. The van der Waals surface area contributed by atoms with E-state index in [9.17, 15) is 10.2 Å². The number of methoxy groups -OCH3 is 2. The SMILES string of the molecule is COc1cc2c(c(OC)n1)[C@]1(O)[C@H](O)[C@H](CN(C)C)[C@@H](c3ccccc3)[C@]1(c1ccc(/C=N/C#N)cc1)O2. The molecule has 2 heterocycles. The normalized spacial score (nSPS) is 27.6. The minimum Gasteiger partial charge on any atom is -0.481 e. The number of rotatable bonds is 7. The minimum atomic E-state index is -1.92. The number of aliphatic hydroxyl groups excluding tert-OH is 1. The van der Waals surface area contributed by atoms with Gasteiger partial charge in [-0.1, -0.05) is 54.6 Å². The number of benzene rings is 2. The Bertz CT molecular complexity index is 1390. The smallest absolute Gasteiger partial charge is 0.226 e. The second kappa shape index (κ2) is 9.72. The molecule has 1 aromatic heterocycles. The molecule has 0 amide bonds. The molecular formula is C29H30N4O5. The van der Waals surface area contributed by atoms with Crippen LogP contribution in [0.4, 0.5) is 0 Å². The molecular weight excluding hydrogens is 484 g/mol. The lowest BCUT2D eigenvalue weighted by Gasteiger charge is -2.41. The van der Waals surface area contributed by atoms with Gasteiger partial charge in [-0.2, -0.15) is 15.2 Å². The van der Waals surface area contributed by atoms with Crippen molar-refractivity contribution in [2.45, 2.75) is 23.2 Å². The van der Waals surface area contributed by atoms with Gasteiger partial charge < -0.3 is 29.3 Å². The summed E-state index contributed by atoms with van der Waals surface area (Å²) in [7, 11) is 6.82. The molecule has 2 aliphatic rings. The van der Waals surface area contributed by atoms with E-state index < -0.39 is 29.1 Å². The van der Waals surface area contributed by atoms with E-state index in [0.717, 1.165) is 5.56 Å². The Balaban J connectivity index is 1.83. The minimum absolute atomic E-state index is 0.123. The number of aliphatic hydroxyl groups is 2. The Morgan fingerprint density at radius 3 is 2.45 bits per heavy atom. The fourth-order valence-electron chi connectivity index (χ4n) is 6.21. The van der Waals surface area contributed by atoms with E-state index in [0.29, 0.717) is 23.4 Å².